The fraction of sp³-hybridized carbons (Fsp3) is 0.625. The van der Waals surface area contributed by atoms with Crippen LogP contribution in [0.2, 0.25) is 0 Å². The Morgan fingerprint density at radius 1 is 1.67 bits per heavy atom. The summed E-state index contributed by atoms with van der Waals surface area (Å²) in [4.78, 5) is 10.9. The zero-order chi connectivity index (χ0) is 9.72. The van der Waals surface area contributed by atoms with Crippen molar-refractivity contribution in [3.05, 3.63) is 12.2 Å². The Kier molecular flexibility index (Phi) is 4.54. The van der Waals surface area contributed by atoms with Crippen LogP contribution in [0.15, 0.2) is 12.2 Å². The van der Waals surface area contributed by atoms with E-state index in [4.69, 9.17) is 5.11 Å². The third-order valence-corrected chi connectivity index (χ3v) is 1.49. The lowest BCUT2D eigenvalue weighted by Gasteiger charge is -2.17. The summed E-state index contributed by atoms with van der Waals surface area (Å²) in [6.07, 6.45) is -1.01. The number of rotatable bonds is 4. The van der Waals surface area contributed by atoms with Crippen molar-refractivity contribution in [1.82, 2.24) is 5.32 Å². The predicted molar refractivity (Wildman–Crippen MR) is 45.2 cm³/mol. The van der Waals surface area contributed by atoms with Gasteiger partial charge in [0.25, 0.3) is 0 Å². The summed E-state index contributed by atoms with van der Waals surface area (Å²) in [6.45, 7) is 6.41. The first kappa shape index (κ1) is 11.1. The summed E-state index contributed by atoms with van der Waals surface area (Å²) < 4.78 is 0. The molecular formula is C8H15NO3. The normalized spacial score (nSPS) is 15.0. The minimum absolute atomic E-state index is 0.169. The summed E-state index contributed by atoms with van der Waals surface area (Å²) in [5, 5.41) is 20.1. The number of carbonyl (C=O) groups excluding carboxylic acids is 1. The monoisotopic (exact) mass is 173 g/mol. The predicted octanol–water partition coefficient (Wildman–Crippen LogP) is -0.375. The highest BCUT2D eigenvalue weighted by atomic mass is 16.3. The lowest BCUT2D eigenvalue weighted by molar-refractivity contribution is -0.121. The summed E-state index contributed by atoms with van der Waals surface area (Å²) >= 11 is 0. The molecule has 0 heterocycles. The van der Waals surface area contributed by atoms with Gasteiger partial charge in [0.15, 0.2) is 0 Å². The van der Waals surface area contributed by atoms with E-state index in [9.17, 15) is 9.90 Å². The van der Waals surface area contributed by atoms with E-state index in [0.29, 0.717) is 5.57 Å². The van der Waals surface area contributed by atoms with Crippen molar-refractivity contribution in [2.45, 2.75) is 20.1 Å². The van der Waals surface area contributed by atoms with Gasteiger partial charge >= 0.3 is 0 Å². The maximum absolute atomic E-state index is 10.9. The van der Waals surface area contributed by atoms with Crippen LogP contribution in [0.25, 0.3) is 0 Å². The first-order chi connectivity index (χ1) is 5.49. The molecule has 70 valence electrons. The van der Waals surface area contributed by atoms with Crippen LogP contribution in [-0.2, 0) is 4.79 Å². The maximum Gasteiger partial charge on any atom is 0.248 e. The molecule has 0 rings (SSSR count). The van der Waals surface area contributed by atoms with E-state index in [0.717, 1.165) is 0 Å². The minimum Gasteiger partial charge on any atom is -0.396 e. The van der Waals surface area contributed by atoms with Crippen molar-refractivity contribution in [3.63, 3.8) is 0 Å². The highest BCUT2D eigenvalue weighted by molar-refractivity contribution is 5.92. The fourth-order valence-electron chi connectivity index (χ4n) is 0.500. The van der Waals surface area contributed by atoms with Gasteiger partial charge in [-0.2, -0.15) is 0 Å². The average Bonchev–Trinajstić information content (AvgIpc) is 2.02. The molecular weight excluding hydrogens is 158 g/mol. The van der Waals surface area contributed by atoms with Crippen molar-refractivity contribution in [2.75, 3.05) is 6.61 Å². The van der Waals surface area contributed by atoms with Gasteiger partial charge in [-0.25, -0.2) is 0 Å². The van der Waals surface area contributed by atoms with E-state index < -0.39 is 12.1 Å². The number of hydrogen-bond donors (Lipinski definition) is 3. The van der Waals surface area contributed by atoms with Crippen LogP contribution in [0, 0.1) is 5.92 Å². The molecule has 0 aromatic heterocycles. The van der Waals surface area contributed by atoms with Gasteiger partial charge in [-0.05, 0) is 6.92 Å². The van der Waals surface area contributed by atoms with Crippen molar-refractivity contribution >= 4 is 5.91 Å². The zero-order valence-corrected chi connectivity index (χ0v) is 7.37. The van der Waals surface area contributed by atoms with E-state index in [-0.39, 0.29) is 12.5 Å². The quantitative estimate of drug-likeness (QED) is 0.401. The lowest BCUT2D eigenvalue weighted by atomic mass is 10.1. The Labute approximate surface area is 71.9 Å². The third-order valence-electron chi connectivity index (χ3n) is 1.49. The Hall–Kier alpha value is -0.870. The molecule has 0 bridgehead atoms. The molecule has 12 heavy (non-hydrogen) atoms. The Balaban J connectivity index is 3.92. The standard InChI is InChI=1S/C8H15NO3/c1-5(2)7(11)9-8(12)6(3)4-10/h6,8,10,12H,1,4H2,2-3H3,(H,9,11). The molecule has 3 N–H and O–H groups in total. The molecule has 2 unspecified atom stereocenters. The second-order valence-electron chi connectivity index (χ2n) is 2.86. The van der Waals surface area contributed by atoms with Crippen LogP contribution in [0.1, 0.15) is 13.8 Å². The Morgan fingerprint density at radius 3 is 2.50 bits per heavy atom. The number of aliphatic hydroxyl groups excluding tert-OH is 2. The molecule has 0 saturated heterocycles. The second-order valence-corrected chi connectivity index (χ2v) is 2.86. The lowest BCUT2D eigenvalue weighted by Crippen LogP contribution is -2.40. The van der Waals surface area contributed by atoms with E-state index in [1.54, 1.807) is 13.8 Å². The van der Waals surface area contributed by atoms with Crippen LogP contribution in [-0.4, -0.2) is 29.0 Å². The Morgan fingerprint density at radius 2 is 2.17 bits per heavy atom. The first-order valence-corrected chi connectivity index (χ1v) is 3.74. The molecule has 4 nitrogen and oxygen atoms in total. The van der Waals surface area contributed by atoms with Gasteiger partial charge in [0, 0.05) is 18.1 Å². The van der Waals surface area contributed by atoms with Crippen molar-refractivity contribution in [2.24, 2.45) is 5.92 Å². The van der Waals surface area contributed by atoms with E-state index in [1.165, 1.54) is 0 Å². The molecule has 1 amide bonds. The molecule has 0 aliphatic rings. The third kappa shape index (κ3) is 3.50. The molecule has 2 atom stereocenters. The smallest absolute Gasteiger partial charge is 0.248 e. The fourth-order valence-corrected chi connectivity index (χ4v) is 0.500. The second kappa shape index (κ2) is 4.90. The number of amides is 1. The molecule has 0 aliphatic heterocycles. The van der Waals surface area contributed by atoms with Gasteiger partial charge in [-0.3, -0.25) is 4.79 Å². The van der Waals surface area contributed by atoms with Gasteiger partial charge in [-0.15, -0.1) is 0 Å². The van der Waals surface area contributed by atoms with E-state index in [2.05, 4.69) is 11.9 Å². The SMILES string of the molecule is C=C(C)C(=O)NC(O)C(C)CO. The maximum atomic E-state index is 10.9. The average molecular weight is 173 g/mol. The molecule has 4 heteroatoms. The Bertz CT molecular complexity index is 179. The van der Waals surface area contributed by atoms with Crippen LogP contribution in [0.4, 0.5) is 0 Å². The molecule has 0 aliphatic carbocycles. The van der Waals surface area contributed by atoms with Crippen LogP contribution < -0.4 is 5.32 Å². The number of aliphatic hydroxyl groups is 2. The van der Waals surface area contributed by atoms with Crippen LogP contribution in [0.3, 0.4) is 0 Å². The molecule has 0 saturated carbocycles. The largest absolute Gasteiger partial charge is 0.396 e. The first-order valence-electron chi connectivity index (χ1n) is 3.74. The van der Waals surface area contributed by atoms with Crippen molar-refractivity contribution < 1.29 is 15.0 Å². The van der Waals surface area contributed by atoms with Gasteiger partial charge in [0.05, 0.1) is 0 Å². The number of hydrogen-bond acceptors (Lipinski definition) is 3. The number of nitrogens with one attached hydrogen (secondary N) is 1. The molecule has 0 radical (unpaired) electrons. The van der Waals surface area contributed by atoms with Crippen LogP contribution >= 0.6 is 0 Å². The number of carbonyl (C=O) groups is 1. The summed E-state index contributed by atoms with van der Waals surface area (Å²) in [5.74, 6) is -0.768. The van der Waals surface area contributed by atoms with Crippen molar-refractivity contribution in [1.29, 1.82) is 0 Å². The van der Waals surface area contributed by atoms with Gasteiger partial charge in [0.1, 0.15) is 6.23 Å². The summed E-state index contributed by atoms with van der Waals surface area (Å²) in [6, 6.07) is 0. The molecule has 0 spiro atoms. The van der Waals surface area contributed by atoms with E-state index in [1.807, 2.05) is 0 Å². The van der Waals surface area contributed by atoms with Gasteiger partial charge in [0.2, 0.25) is 5.91 Å². The topological polar surface area (TPSA) is 69.6 Å². The summed E-state index contributed by atoms with van der Waals surface area (Å²) in [7, 11) is 0. The van der Waals surface area contributed by atoms with Crippen molar-refractivity contribution in [3.8, 4) is 0 Å². The highest BCUT2D eigenvalue weighted by Crippen LogP contribution is 1.99. The zero-order valence-electron chi connectivity index (χ0n) is 7.37. The highest BCUT2D eigenvalue weighted by Gasteiger charge is 2.15. The molecule has 0 aromatic rings. The molecule has 0 fully saturated rings. The van der Waals surface area contributed by atoms with Gasteiger partial charge < -0.3 is 15.5 Å². The summed E-state index contributed by atoms with van der Waals surface area (Å²) in [5.41, 5.74) is 0.333. The minimum atomic E-state index is -1.01. The van der Waals surface area contributed by atoms with Gasteiger partial charge in [-0.1, -0.05) is 13.5 Å². The van der Waals surface area contributed by atoms with Crippen LogP contribution in [0.5, 0.6) is 0 Å². The van der Waals surface area contributed by atoms with E-state index >= 15 is 0 Å². The molecule has 0 aromatic carbocycles.